The van der Waals surface area contributed by atoms with Crippen LogP contribution < -0.4 is 0 Å². The van der Waals surface area contributed by atoms with Gasteiger partial charge in [0.2, 0.25) is 0 Å². The Labute approximate surface area is 102 Å². The zero-order valence-corrected chi connectivity index (χ0v) is 10.6. The maximum absolute atomic E-state index is 9.50. The van der Waals surface area contributed by atoms with Crippen LogP contribution in [-0.2, 0) is 9.47 Å². The van der Waals surface area contributed by atoms with Crippen molar-refractivity contribution < 1.29 is 14.6 Å². The van der Waals surface area contributed by atoms with E-state index in [0.29, 0.717) is 0 Å². The van der Waals surface area contributed by atoms with Crippen LogP contribution in [0.1, 0.15) is 32.4 Å². The molecule has 0 radical (unpaired) electrons. The lowest BCUT2D eigenvalue weighted by Crippen LogP contribution is -2.47. The van der Waals surface area contributed by atoms with Crippen molar-refractivity contribution in [3.63, 3.8) is 0 Å². The van der Waals surface area contributed by atoms with Crippen LogP contribution >= 0.6 is 0 Å². The van der Waals surface area contributed by atoms with Gasteiger partial charge in [0, 0.05) is 5.92 Å². The van der Waals surface area contributed by atoms with Crippen molar-refractivity contribution in [3.05, 3.63) is 35.9 Å². The Hall–Kier alpha value is -0.900. The van der Waals surface area contributed by atoms with Crippen LogP contribution in [0.2, 0.25) is 0 Å². The van der Waals surface area contributed by atoms with E-state index in [9.17, 15) is 5.11 Å². The van der Waals surface area contributed by atoms with E-state index in [-0.39, 0.29) is 24.7 Å². The number of aliphatic hydroxyl groups excluding tert-OH is 1. The molecule has 0 aliphatic carbocycles. The van der Waals surface area contributed by atoms with E-state index < -0.39 is 5.79 Å². The van der Waals surface area contributed by atoms with Gasteiger partial charge in [-0.3, -0.25) is 0 Å². The topological polar surface area (TPSA) is 38.7 Å². The molecule has 3 heteroatoms. The third-order valence-electron chi connectivity index (χ3n) is 3.21. The largest absolute Gasteiger partial charge is 0.396 e. The Balaban J connectivity index is 2.28. The minimum atomic E-state index is -0.606. The van der Waals surface area contributed by atoms with E-state index in [4.69, 9.17) is 9.47 Å². The quantitative estimate of drug-likeness (QED) is 0.857. The molecule has 1 fully saturated rings. The van der Waals surface area contributed by atoms with Crippen molar-refractivity contribution >= 4 is 0 Å². The van der Waals surface area contributed by atoms with Gasteiger partial charge in [0.1, 0.15) is 0 Å². The summed E-state index contributed by atoms with van der Waals surface area (Å²) in [6, 6.07) is 10.0. The summed E-state index contributed by atoms with van der Waals surface area (Å²) in [4.78, 5) is 0. The summed E-state index contributed by atoms with van der Waals surface area (Å²) in [6.07, 6.45) is -0.131. The summed E-state index contributed by atoms with van der Waals surface area (Å²) in [5, 5.41) is 9.50. The van der Waals surface area contributed by atoms with E-state index in [1.807, 2.05) is 51.1 Å². The van der Waals surface area contributed by atoms with Gasteiger partial charge in [0.05, 0.1) is 18.8 Å². The lowest BCUT2D eigenvalue weighted by molar-refractivity contribution is -0.323. The fraction of sp³-hybridized carbons (Fsp3) is 0.571. The fourth-order valence-corrected chi connectivity index (χ4v) is 2.40. The highest BCUT2D eigenvalue weighted by molar-refractivity contribution is 5.19. The molecule has 94 valence electrons. The van der Waals surface area contributed by atoms with Crippen molar-refractivity contribution in [2.24, 2.45) is 5.92 Å². The molecule has 1 saturated heterocycles. The summed E-state index contributed by atoms with van der Waals surface area (Å²) in [5.74, 6) is -0.628. The second-order valence-corrected chi connectivity index (χ2v) is 5.02. The highest BCUT2D eigenvalue weighted by Gasteiger charge is 2.41. The van der Waals surface area contributed by atoms with Gasteiger partial charge in [-0.1, -0.05) is 30.3 Å². The maximum Gasteiger partial charge on any atom is 0.163 e. The van der Waals surface area contributed by atoms with Crippen molar-refractivity contribution in [3.8, 4) is 0 Å². The van der Waals surface area contributed by atoms with Crippen LogP contribution in [0.5, 0.6) is 0 Å². The first-order valence-corrected chi connectivity index (χ1v) is 6.05. The molecule has 17 heavy (non-hydrogen) atoms. The Morgan fingerprint density at radius 3 is 2.41 bits per heavy atom. The van der Waals surface area contributed by atoms with E-state index >= 15 is 0 Å². The van der Waals surface area contributed by atoms with Gasteiger partial charge in [0.15, 0.2) is 5.79 Å². The molecule has 2 rings (SSSR count). The normalized spacial score (nSPS) is 32.4. The molecule has 0 spiro atoms. The molecule has 0 unspecified atom stereocenters. The monoisotopic (exact) mass is 236 g/mol. The van der Waals surface area contributed by atoms with E-state index in [1.54, 1.807) is 0 Å². The number of aliphatic hydroxyl groups is 1. The fourth-order valence-electron chi connectivity index (χ4n) is 2.40. The number of hydrogen-bond acceptors (Lipinski definition) is 3. The average molecular weight is 236 g/mol. The van der Waals surface area contributed by atoms with Gasteiger partial charge in [-0.05, 0) is 26.3 Å². The lowest BCUT2D eigenvalue weighted by atomic mass is 9.90. The predicted octanol–water partition coefficient (Wildman–Crippen LogP) is 2.51. The lowest BCUT2D eigenvalue weighted by Gasteiger charge is -2.44. The molecule has 1 aromatic carbocycles. The van der Waals surface area contributed by atoms with Crippen molar-refractivity contribution in [2.75, 3.05) is 6.61 Å². The molecule has 1 heterocycles. The van der Waals surface area contributed by atoms with Gasteiger partial charge >= 0.3 is 0 Å². The first-order chi connectivity index (χ1) is 8.03. The molecule has 0 bridgehead atoms. The summed E-state index contributed by atoms with van der Waals surface area (Å²) < 4.78 is 11.7. The van der Waals surface area contributed by atoms with Gasteiger partial charge in [-0.15, -0.1) is 0 Å². The maximum atomic E-state index is 9.50. The number of hydrogen-bond donors (Lipinski definition) is 1. The smallest absolute Gasteiger partial charge is 0.163 e. The molecule has 3 nitrogen and oxygen atoms in total. The van der Waals surface area contributed by atoms with Gasteiger partial charge in [-0.2, -0.15) is 0 Å². The Morgan fingerprint density at radius 1 is 1.18 bits per heavy atom. The van der Waals surface area contributed by atoms with Gasteiger partial charge < -0.3 is 14.6 Å². The minimum absolute atomic E-state index is 0.0195. The molecule has 0 aromatic heterocycles. The average Bonchev–Trinajstić information content (AvgIpc) is 2.28. The molecule has 3 atom stereocenters. The molecular weight excluding hydrogens is 216 g/mol. The van der Waals surface area contributed by atoms with Crippen LogP contribution in [0, 0.1) is 5.92 Å². The SMILES string of the molecule is C[C@@H]1OC(C)(C)O[C@H](c2ccccc2)[C@H]1CO. The molecule has 1 N–H and O–H groups in total. The van der Waals surface area contributed by atoms with Crippen LogP contribution in [0.3, 0.4) is 0 Å². The highest BCUT2D eigenvalue weighted by Crippen LogP contribution is 2.39. The standard InChI is InChI=1S/C14H20O3/c1-10-12(9-15)13(17-14(2,3)16-10)11-7-5-4-6-8-11/h4-8,10,12-13,15H,9H2,1-3H3/t10-,12-,13+/m0/s1. The van der Waals surface area contributed by atoms with Crippen LogP contribution in [0.15, 0.2) is 30.3 Å². The molecule has 0 saturated carbocycles. The van der Waals surface area contributed by atoms with Crippen LogP contribution in [0.25, 0.3) is 0 Å². The summed E-state index contributed by atoms with van der Waals surface area (Å²) >= 11 is 0. The third-order valence-corrected chi connectivity index (χ3v) is 3.21. The van der Waals surface area contributed by atoms with Crippen molar-refractivity contribution in [1.82, 2.24) is 0 Å². The Kier molecular flexibility index (Phi) is 3.52. The second-order valence-electron chi connectivity index (χ2n) is 5.02. The number of rotatable bonds is 2. The zero-order chi connectivity index (χ0) is 12.5. The van der Waals surface area contributed by atoms with Crippen LogP contribution in [-0.4, -0.2) is 23.6 Å². The second kappa shape index (κ2) is 4.77. The molecule has 1 aliphatic heterocycles. The first kappa shape index (κ1) is 12.6. The Bertz CT molecular complexity index is 361. The number of benzene rings is 1. The van der Waals surface area contributed by atoms with E-state index in [2.05, 4.69) is 0 Å². The Morgan fingerprint density at radius 2 is 1.82 bits per heavy atom. The third kappa shape index (κ3) is 2.68. The summed E-state index contributed by atoms with van der Waals surface area (Å²) in [6.45, 7) is 5.87. The van der Waals surface area contributed by atoms with Crippen LogP contribution in [0.4, 0.5) is 0 Å². The van der Waals surface area contributed by atoms with Gasteiger partial charge in [0.25, 0.3) is 0 Å². The first-order valence-electron chi connectivity index (χ1n) is 6.05. The summed E-state index contributed by atoms with van der Waals surface area (Å²) in [5.41, 5.74) is 1.09. The highest BCUT2D eigenvalue weighted by atomic mass is 16.7. The van der Waals surface area contributed by atoms with Gasteiger partial charge in [-0.25, -0.2) is 0 Å². The molecule has 0 amide bonds. The van der Waals surface area contributed by atoms with E-state index in [0.717, 1.165) is 5.56 Å². The zero-order valence-electron chi connectivity index (χ0n) is 10.6. The van der Waals surface area contributed by atoms with Crippen molar-refractivity contribution in [2.45, 2.75) is 38.8 Å². The van der Waals surface area contributed by atoms with Crippen molar-refractivity contribution in [1.29, 1.82) is 0 Å². The predicted molar refractivity (Wildman–Crippen MR) is 65.5 cm³/mol. The molecule has 1 aliphatic rings. The molecular formula is C14H20O3. The number of ether oxygens (including phenoxy) is 2. The van der Waals surface area contributed by atoms with E-state index in [1.165, 1.54) is 0 Å². The minimum Gasteiger partial charge on any atom is -0.396 e. The molecule has 1 aromatic rings. The summed E-state index contributed by atoms with van der Waals surface area (Å²) in [7, 11) is 0.